The summed E-state index contributed by atoms with van der Waals surface area (Å²) in [4.78, 5) is 16.4. The van der Waals surface area contributed by atoms with E-state index in [4.69, 9.17) is 0 Å². The second-order valence-corrected chi connectivity index (χ2v) is 5.80. The minimum Gasteiger partial charge on any atom is -0.325 e. The molecule has 2 N–H and O–H groups in total. The van der Waals surface area contributed by atoms with Crippen LogP contribution in [0.3, 0.4) is 0 Å². The highest BCUT2D eigenvalue weighted by molar-refractivity contribution is 7.13. The van der Waals surface area contributed by atoms with Crippen LogP contribution in [0, 0.1) is 0 Å². The predicted octanol–water partition coefficient (Wildman–Crippen LogP) is 2.89. The van der Waals surface area contributed by atoms with Crippen LogP contribution in [0.4, 0.5) is 5.69 Å². The number of anilines is 1. The van der Waals surface area contributed by atoms with Gasteiger partial charge in [-0.2, -0.15) is 0 Å². The van der Waals surface area contributed by atoms with Crippen molar-refractivity contribution in [1.29, 1.82) is 0 Å². The zero-order valence-corrected chi connectivity index (χ0v) is 12.0. The molecule has 20 heavy (non-hydrogen) atoms. The van der Waals surface area contributed by atoms with Crippen LogP contribution in [0.15, 0.2) is 35.8 Å². The third kappa shape index (κ3) is 3.05. The van der Waals surface area contributed by atoms with Crippen LogP contribution in [0.25, 0.3) is 10.6 Å². The number of carbonyl (C=O) groups is 1. The van der Waals surface area contributed by atoms with Crippen molar-refractivity contribution in [3.63, 3.8) is 0 Å². The molecule has 1 aromatic heterocycles. The van der Waals surface area contributed by atoms with E-state index in [0.717, 1.165) is 42.1 Å². The molecule has 5 heteroatoms. The van der Waals surface area contributed by atoms with Crippen molar-refractivity contribution in [1.82, 2.24) is 10.3 Å². The normalized spacial score (nSPS) is 18.7. The number of amides is 1. The smallest absolute Gasteiger partial charge is 0.241 e. The minimum absolute atomic E-state index is 0.0533. The van der Waals surface area contributed by atoms with Crippen LogP contribution in [-0.4, -0.2) is 23.5 Å². The molecule has 1 atom stereocenters. The fraction of sp³-hybridized carbons (Fsp3) is 0.333. The molecule has 3 rings (SSSR count). The molecule has 4 nitrogen and oxygen atoms in total. The second kappa shape index (κ2) is 6.15. The summed E-state index contributed by atoms with van der Waals surface area (Å²) >= 11 is 1.61. The van der Waals surface area contributed by atoms with Gasteiger partial charge in [0.05, 0.1) is 6.04 Å². The van der Waals surface area contributed by atoms with Crippen molar-refractivity contribution in [2.45, 2.75) is 25.3 Å². The van der Waals surface area contributed by atoms with Crippen LogP contribution in [0.1, 0.15) is 19.3 Å². The van der Waals surface area contributed by atoms with Crippen LogP contribution >= 0.6 is 11.3 Å². The Balaban J connectivity index is 1.64. The lowest BCUT2D eigenvalue weighted by Gasteiger charge is -2.22. The molecule has 1 saturated heterocycles. The molecular weight excluding hydrogens is 270 g/mol. The molecule has 0 radical (unpaired) electrons. The third-order valence-electron chi connectivity index (χ3n) is 3.46. The van der Waals surface area contributed by atoms with Crippen molar-refractivity contribution >= 4 is 22.9 Å². The highest BCUT2D eigenvalue weighted by Gasteiger charge is 2.20. The number of piperidine rings is 1. The summed E-state index contributed by atoms with van der Waals surface area (Å²) in [5, 5.41) is 9.17. The van der Waals surface area contributed by atoms with E-state index in [1.165, 1.54) is 0 Å². The quantitative estimate of drug-likeness (QED) is 0.912. The molecule has 0 saturated carbocycles. The van der Waals surface area contributed by atoms with Gasteiger partial charge in [0.1, 0.15) is 5.01 Å². The largest absolute Gasteiger partial charge is 0.325 e. The molecular formula is C15H17N3OS. The predicted molar refractivity (Wildman–Crippen MR) is 81.8 cm³/mol. The Morgan fingerprint density at radius 2 is 2.15 bits per heavy atom. The van der Waals surface area contributed by atoms with E-state index in [1.807, 2.05) is 29.6 Å². The summed E-state index contributed by atoms with van der Waals surface area (Å²) in [5.74, 6) is 0.0618. The van der Waals surface area contributed by atoms with E-state index in [-0.39, 0.29) is 11.9 Å². The molecule has 1 fully saturated rings. The Labute approximate surface area is 122 Å². The standard InChI is InChI=1S/C15H17N3OS/c19-14(13-3-1-2-8-16-13)18-12-6-4-11(5-7-12)15-17-9-10-20-15/h4-7,9-10,13,16H,1-3,8H2,(H,18,19)/t13-/m1/s1. The zero-order chi connectivity index (χ0) is 13.8. The van der Waals surface area contributed by atoms with E-state index in [9.17, 15) is 4.79 Å². The SMILES string of the molecule is O=C(Nc1ccc(-c2nccs2)cc1)[C@H]1CCCCN1. The number of carbonyl (C=O) groups excluding carboxylic acids is 1. The highest BCUT2D eigenvalue weighted by Crippen LogP contribution is 2.23. The Hall–Kier alpha value is -1.72. The Kier molecular flexibility index (Phi) is 4.08. The number of nitrogens with one attached hydrogen (secondary N) is 2. The number of benzene rings is 1. The lowest BCUT2D eigenvalue weighted by atomic mass is 10.0. The molecule has 1 amide bonds. The van der Waals surface area contributed by atoms with Gasteiger partial charge in [0.2, 0.25) is 5.91 Å². The number of hydrogen-bond acceptors (Lipinski definition) is 4. The molecule has 2 aromatic rings. The van der Waals surface area contributed by atoms with Gasteiger partial charge in [-0.15, -0.1) is 11.3 Å². The third-order valence-corrected chi connectivity index (χ3v) is 4.28. The first-order chi connectivity index (χ1) is 9.83. The molecule has 2 heterocycles. The van der Waals surface area contributed by atoms with Crippen LogP contribution in [0.5, 0.6) is 0 Å². The minimum atomic E-state index is -0.0533. The van der Waals surface area contributed by atoms with Crippen LogP contribution < -0.4 is 10.6 Å². The van der Waals surface area contributed by atoms with Crippen LogP contribution in [-0.2, 0) is 4.79 Å². The summed E-state index contributed by atoms with van der Waals surface area (Å²) in [7, 11) is 0. The second-order valence-electron chi connectivity index (χ2n) is 4.91. The lowest BCUT2D eigenvalue weighted by Crippen LogP contribution is -2.43. The number of nitrogens with zero attached hydrogens (tertiary/aromatic N) is 1. The average molecular weight is 287 g/mol. The van der Waals surface area contributed by atoms with Gasteiger partial charge < -0.3 is 10.6 Å². The molecule has 1 aliphatic rings. The Bertz CT molecular complexity index is 559. The molecule has 0 bridgehead atoms. The van der Waals surface area contributed by atoms with E-state index >= 15 is 0 Å². The maximum absolute atomic E-state index is 12.1. The van der Waals surface area contributed by atoms with Gasteiger partial charge in [-0.3, -0.25) is 4.79 Å². The molecule has 104 valence electrons. The number of thiazole rings is 1. The summed E-state index contributed by atoms with van der Waals surface area (Å²) in [5.41, 5.74) is 1.91. The van der Waals surface area contributed by atoms with Crippen molar-refractivity contribution in [2.75, 3.05) is 11.9 Å². The molecule has 1 aromatic carbocycles. The topological polar surface area (TPSA) is 54.0 Å². The van der Waals surface area contributed by atoms with Gasteiger partial charge >= 0.3 is 0 Å². The van der Waals surface area contributed by atoms with Crippen molar-refractivity contribution in [3.8, 4) is 10.6 Å². The fourth-order valence-electron chi connectivity index (χ4n) is 2.37. The first-order valence-corrected chi connectivity index (χ1v) is 7.75. The van der Waals surface area contributed by atoms with E-state index in [1.54, 1.807) is 17.5 Å². The molecule has 0 aliphatic carbocycles. The fourth-order valence-corrected chi connectivity index (χ4v) is 3.01. The first-order valence-electron chi connectivity index (χ1n) is 6.87. The maximum atomic E-state index is 12.1. The summed E-state index contributed by atoms with van der Waals surface area (Å²) < 4.78 is 0. The van der Waals surface area contributed by atoms with Gasteiger partial charge in [-0.1, -0.05) is 6.42 Å². The molecule has 0 unspecified atom stereocenters. The van der Waals surface area contributed by atoms with Crippen LogP contribution in [0.2, 0.25) is 0 Å². The monoisotopic (exact) mass is 287 g/mol. The average Bonchev–Trinajstić information content (AvgIpc) is 3.03. The van der Waals surface area contributed by atoms with Gasteiger partial charge in [0.25, 0.3) is 0 Å². The first kappa shape index (κ1) is 13.3. The van der Waals surface area contributed by atoms with Crippen molar-refractivity contribution in [2.24, 2.45) is 0 Å². The highest BCUT2D eigenvalue weighted by atomic mass is 32.1. The summed E-state index contributed by atoms with van der Waals surface area (Å²) in [6.07, 6.45) is 4.99. The van der Waals surface area contributed by atoms with E-state index in [2.05, 4.69) is 15.6 Å². The number of aromatic nitrogens is 1. The summed E-state index contributed by atoms with van der Waals surface area (Å²) in [6, 6.07) is 7.78. The van der Waals surface area contributed by atoms with Gasteiger partial charge in [-0.05, 0) is 43.7 Å². The van der Waals surface area contributed by atoms with E-state index < -0.39 is 0 Å². The summed E-state index contributed by atoms with van der Waals surface area (Å²) in [6.45, 7) is 0.932. The lowest BCUT2D eigenvalue weighted by molar-refractivity contribution is -0.118. The van der Waals surface area contributed by atoms with Crippen molar-refractivity contribution in [3.05, 3.63) is 35.8 Å². The zero-order valence-electron chi connectivity index (χ0n) is 11.1. The van der Waals surface area contributed by atoms with Gasteiger partial charge in [0, 0.05) is 22.8 Å². The Morgan fingerprint density at radius 3 is 2.80 bits per heavy atom. The molecule has 1 aliphatic heterocycles. The Morgan fingerprint density at radius 1 is 1.30 bits per heavy atom. The maximum Gasteiger partial charge on any atom is 0.241 e. The number of hydrogen-bond donors (Lipinski definition) is 2. The van der Waals surface area contributed by atoms with E-state index in [0.29, 0.717) is 0 Å². The van der Waals surface area contributed by atoms with Gasteiger partial charge in [-0.25, -0.2) is 4.98 Å². The van der Waals surface area contributed by atoms with Crippen molar-refractivity contribution < 1.29 is 4.79 Å². The van der Waals surface area contributed by atoms with Gasteiger partial charge in [0.15, 0.2) is 0 Å². The molecule has 0 spiro atoms. The number of rotatable bonds is 3.